The lowest BCUT2D eigenvalue weighted by molar-refractivity contribution is -0.150. The quantitative estimate of drug-likeness (QED) is 0.712. The lowest BCUT2D eigenvalue weighted by atomic mass is 9.88. The van der Waals surface area contributed by atoms with Gasteiger partial charge in [-0.2, -0.15) is 0 Å². The molecule has 8 heteroatoms. The van der Waals surface area contributed by atoms with Crippen molar-refractivity contribution in [3.05, 3.63) is 48.2 Å². The lowest BCUT2D eigenvalue weighted by Gasteiger charge is -2.46. The van der Waals surface area contributed by atoms with Gasteiger partial charge in [0.1, 0.15) is 11.5 Å². The first kappa shape index (κ1) is 24.5. The van der Waals surface area contributed by atoms with Crippen LogP contribution in [0.3, 0.4) is 0 Å². The molecular weight excluding hydrogens is 426 g/mol. The summed E-state index contributed by atoms with van der Waals surface area (Å²) in [5, 5.41) is 6.79. The van der Waals surface area contributed by atoms with Crippen LogP contribution in [0.1, 0.15) is 33.3 Å². The molecule has 1 amide bonds. The van der Waals surface area contributed by atoms with Gasteiger partial charge in [0.25, 0.3) is 0 Å². The molecule has 4 rings (SSSR count). The third kappa shape index (κ3) is 4.76. The second kappa shape index (κ2) is 9.35. The van der Waals surface area contributed by atoms with E-state index in [1.54, 1.807) is 7.11 Å². The highest BCUT2D eigenvalue weighted by atomic mass is 35.5. The summed E-state index contributed by atoms with van der Waals surface area (Å²) >= 11 is 0. The molecule has 1 aromatic heterocycles. The van der Waals surface area contributed by atoms with Crippen LogP contribution in [-0.4, -0.2) is 60.8 Å². The number of pyridine rings is 1. The Morgan fingerprint density at radius 1 is 1.28 bits per heavy atom. The summed E-state index contributed by atoms with van der Waals surface area (Å²) in [5.41, 5.74) is 2.35. The predicted octanol–water partition coefficient (Wildman–Crippen LogP) is 3.53. The molecule has 0 bridgehead atoms. The Hall–Kier alpha value is -2.19. The number of carbonyl (C=O) groups excluding carboxylic acids is 1. The summed E-state index contributed by atoms with van der Waals surface area (Å²) in [6.07, 6.45) is 1.90. The van der Waals surface area contributed by atoms with Gasteiger partial charge >= 0.3 is 0 Å². The number of hydrogen-bond donors (Lipinski definition) is 2. The highest BCUT2D eigenvalue weighted by Crippen LogP contribution is 2.41. The van der Waals surface area contributed by atoms with Crippen molar-refractivity contribution in [2.45, 2.75) is 44.9 Å². The number of nitrogens with one attached hydrogen (secondary N) is 2. The fourth-order valence-corrected chi connectivity index (χ4v) is 4.46. The average molecular weight is 460 g/mol. The van der Waals surface area contributed by atoms with Crippen LogP contribution in [0.2, 0.25) is 0 Å². The van der Waals surface area contributed by atoms with E-state index in [1.807, 2.05) is 54.4 Å². The number of methoxy groups -OCH3 is 1. The van der Waals surface area contributed by atoms with Crippen LogP contribution in [0.5, 0.6) is 0 Å². The van der Waals surface area contributed by atoms with Gasteiger partial charge < -0.3 is 20.3 Å². The lowest BCUT2D eigenvalue weighted by Crippen LogP contribution is -2.65. The maximum Gasteiger partial charge on any atom is 0.241 e. The van der Waals surface area contributed by atoms with Crippen molar-refractivity contribution in [1.29, 1.82) is 0 Å². The van der Waals surface area contributed by atoms with Crippen molar-refractivity contribution >= 4 is 35.5 Å². The number of benzene rings is 1. The molecule has 0 unspecified atom stereocenters. The van der Waals surface area contributed by atoms with E-state index in [4.69, 9.17) is 4.74 Å². The minimum Gasteiger partial charge on any atom is -0.363 e. The van der Waals surface area contributed by atoms with E-state index < -0.39 is 5.72 Å². The van der Waals surface area contributed by atoms with Gasteiger partial charge in [-0.3, -0.25) is 9.69 Å². The van der Waals surface area contributed by atoms with Crippen LogP contribution in [0, 0.1) is 0 Å². The SMILES string of the molecule is CO[C@]1(C)CN[C@H](C)CN1CC(=O)N1CC(C)(C)c2cnc(Nc3ccccc3)cc21.Cl. The van der Waals surface area contributed by atoms with Crippen LogP contribution >= 0.6 is 12.4 Å². The van der Waals surface area contributed by atoms with E-state index in [9.17, 15) is 4.79 Å². The van der Waals surface area contributed by atoms with Gasteiger partial charge in [-0.15, -0.1) is 12.4 Å². The van der Waals surface area contributed by atoms with Crippen LogP contribution in [0.25, 0.3) is 0 Å². The summed E-state index contributed by atoms with van der Waals surface area (Å²) in [4.78, 5) is 22.2. The highest BCUT2D eigenvalue weighted by molar-refractivity contribution is 5.98. The molecule has 7 nitrogen and oxygen atoms in total. The normalized spacial score (nSPS) is 24.5. The maximum absolute atomic E-state index is 13.5. The number of aromatic nitrogens is 1. The molecule has 1 aromatic carbocycles. The summed E-state index contributed by atoms with van der Waals surface area (Å²) in [5.74, 6) is 0.819. The third-order valence-electron chi connectivity index (χ3n) is 6.51. The molecule has 2 N–H and O–H groups in total. The van der Waals surface area contributed by atoms with Crippen LogP contribution < -0.4 is 15.5 Å². The minimum absolute atomic E-state index is 0. The van der Waals surface area contributed by atoms with Crippen LogP contribution in [0.4, 0.5) is 17.2 Å². The van der Waals surface area contributed by atoms with Gasteiger partial charge in [-0.1, -0.05) is 32.0 Å². The number of nitrogens with zero attached hydrogens (tertiary/aromatic N) is 3. The number of fused-ring (bicyclic) bond motifs is 1. The molecule has 0 radical (unpaired) electrons. The second-order valence-electron chi connectivity index (χ2n) is 9.48. The summed E-state index contributed by atoms with van der Waals surface area (Å²) in [6, 6.07) is 12.2. The number of anilines is 3. The predicted molar refractivity (Wildman–Crippen MR) is 131 cm³/mol. The van der Waals surface area contributed by atoms with Crippen molar-refractivity contribution in [3.63, 3.8) is 0 Å². The Kier molecular flexibility index (Phi) is 7.15. The van der Waals surface area contributed by atoms with Crippen molar-refractivity contribution in [2.24, 2.45) is 0 Å². The molecule has 0 aliphatic carbocycles. The van der Waals surface area contributed by atoms with E-state index in [0.29, 0.717) is 25.7 Å². The van der Waals surface area contributed by atoms with E-state index >= 15 is 0 Å². The molecule has 32 heavy (non-hydrogen) atoms. The minimum atomic E-state index is -0.501. The topological polar surface area (TPSA) is 69.7 Å². The van der Waals surface area contributed by atoms with Gasteiger partial charge in [0, 0.05) is 61.7 Å². The first-order valence-corrected chi connectivity index (χ1v) is 10.9. The van der Waals surface area contributed by atoms with E-state index in [1.165, 1.54) is 0 Å². The van der Waals surface area contributed by atoms with Crippen molar-refractivity contribution in [2.75, 3.05) is 43.5 Å². The third-order valence-corrected chi connectivity index (χ3v) is 6.51. The van der Waals surface area contributed by atoms with Crippen molar-refractivity contribution in [1.82, 2.24) is 15.2 Å². The van der Waals surface area contributed by atoms with Gasteiger partial charge in [-0.05, 0) is 26.0 Å². The fraction of sp³-hybridized carbons (Fsp3) is 0.500. The summed E-state index contributed by atoms with van der Waals surface area (Å²) in [6.45, 7) is 10.9. The molecule has 2 aliphatic rings. The number of hydrogen-bond acceptors (Lipinski definition) is 6. The first-order valence-electron chi connectivity index (χ1n) is 10.9. The Bertz CT molecular complexity index is 955. The molecular formula is C24H34ClN5O2. The number of para-hydroxylation sites is 1. The summed E-state index contributed by atoms with van der Waals surface area (Å²) in [7, 11) is 1.70. The molecule has 3 heterocycles. The van der Waals surface area contributed by atoms with Crippen molar-refractivity contribution < 1.29 is 9.53 Å². The van der Waals surface area contributed by atoms with E-state index in [0.717, 1.165) is 29.3 Å². The molecule has 2 aromatic rings. The Morgan fingerprint density at radius 3 is 2.69 bits per heavy atom. The van der Waals surface area contributed by atoms with Gasteiger partial charge in [0.2, 0.25) is 5.91 Å². The highest BCUT2D eigenvalue weighted by Gasteiger charge is 2.42. The number of amides is 1. The molecule has 2 aliphatic heterocycles. The number of halogens is 1. The molecule has 1 fully saturated rings. The number of rotatable bonds is 5. The number of ether oxygens (including phenoxy) is 1. The number of carbonyl (C=O) groups is 1. The van der Waals surface area contributed by atoms with E-state index in [2.05, 4.69) is 41.3 Å². The number of piperazine rings is 1. The fourth-order valence-electron chi connectivity index (χ4n) is 4.46. The maximum atomic E-state index is 13.5. The zero-order valence-corrected chi connectivity index (χ0v) is 20.3. The molecule has 2 atom stereocenters. The Balaban J connectivity index is 0.00000289. The summed E-state index contributed by atoms with van der Waals surface area (Å²) < 4.78 is 5.77. The largest absolute Gasteiger partial charge is 0.363 e. The molecule has 0 saturated carbocycles. The molecule has 1 saturated heterocycles. The zero-order chi connectivity index (χ0) is 22.2. The van der Waals surface area contributed by atoms with Gasteiger partial charge in [0.15, 0.2) is 0 Å². The second-order valence-corrected chi connectivity index (χ2v) is 9.48. The average Bonchev–Trinajstić information content (AvgIpc) is 3.02. The molecule has 174 valence electrons. The smallest absolute Gasteiger partial charge is 0.241 e. The van der Waals surface area contributed by atoms with E-state index in [-0.39, 0.29) is 23.7 Å². The molecule has 0 spiro atoms. The van der Waals surface area contributed by atoms with Crippen molar-refractivity contribution in [3.8, 4) is 0 Å². The Labute approximate surface area is 196 Å². The standard InChI is InChI=1S/C24H33N5O2.ClH/c1-17-13-28(24(4,31-5)15-26-17)14-22(30)29-16-23(2,3)19-12-25-21(11-20(19)29)27-18-9-7-6-8-10-18;/h6-12,17,26H,13-16H2,1-5H3,(H,25,27);1H/t17-,24-;/m1./s1. The van der Waals surface area contributed by atoms with Crippen LogP contribution in [-0.2, 0) is 14.9 Å². The monoisotopic (exact) mass is 459 g/mol. The van der Waals surface area contributed by atoms with Gasteiger partial charge in [0.05, 0.1) is 12.2 Å². The van der Waals surface area contributed by atoms with Crippen LogP contribution in [0.15, 0.2) is 42.6 Å². The first-order chi connectivity index (χ1) is 14.7. The van der Waals surface area contributed by atoms with Gasteiger partial charge in [-0.25, -0.2) is 4.98 Å². The Morgan fingerprint density at radius 2 is 2.00 bits per heavy atom. The zero-order valence-electron chi connectivity index (χ0n) is 19.5.